The van der Waals surface area contributed by atoms with Gasteiger partial charge < -0.3 is 10.2 Å². The second-order valence-electron chi connectivity index (χ2n) is 4.45. The van der Waals surface area contributed by atoms with Crippen molar-refractivity contribution < 1.29 is 15.0 Å². The van der Waals surface area contributed by atoms with Crippen LogP contribution in [0, 0.1) is 6.92 Å². The van der Waals surface area contributed by atoms with E-state index in [0.29, 0.717) is 6.42 Å². The molecule has 94 valence electrons. The molecular formula is C14H20O3. The Morgan fingerprint density at radius 1 is 1.29 bits per heavy atom. The van der Waals surface area contributed by atoms with Crippen molar-refractivity contribution in [1.29, 1.82) is 0 Å². The van der Waals surface area contributed by atoms with Crippen LogP contribution in [0.3, 0.4) is 0 Å². The average Bonchev–Trinajstić information content (AvgIpc) is 2.31. The Morgan fingerprint density at radius 2 is 1.82 bits per heavy atom. The molecule has 2 atom stereocenters. The maximum atomic E-state index is 11.2. The molecule has 2 N–H and O–H groups in total. The van der Waals surface area contributed by atoms with Crippen molar-refractivity contribution in [3.63, 3.8) is 0 Å². The zero-order chi connectivity index (χ0) is 13.1. The Balaban J connectivity index is 3.14. The Hall–Kier alpha value is -1.35. The van der Waals surface area contributed by atoms with Crippen LogP contribution in [0.5, 0.6) is 0 Å². The van der Waals surface area contributed by atoms with Gasteiger partial charge in [0, 0.05) is 5.92 Å². The molecule has 0 aliphatic heterocycles. The first kappa shape index (κ1) is 13.7. The molecule has 3 heteroatoms. The Bertz CT molecular complexity index is 383. The van der Waals surface area contributed by atoms with E-state index >= 15 is 0 Å². The molecule has 3 nitrogen and oxygen atoms in total. The molecule has 0 heterocycles. The van der Waals surface area contributed by atoms with Gasteiger partial charge in [0.15, 0.2) is 5.60 Å². The van der Waals surface area contributed by atoms with E-state index in [1.807, 2.05) is 38.1 Å². The SMILES string of the molecule is CCC(c1ccc(C)cc1)C(O)(CC)C(=O)O. The molecular weight excluding hydrogens is 216 g/mol. The van der Waals surface area contributed by atoms with Crippen LogP contribution in [0.1, 0.15) is 43.7 Å². The Labute approximate surface area is 102 Å². The average molecular weight is 236 g/mol. The lowest BCUT2D eigenvalue weighted by atomic mass is 9.78. The number of carboxylic acid groups (broad SMARTS) is 1. The highest BCUT2D eigenvalue weighted by Crippen LogP contribution is 2.34. The summed E-state index contributed by atoms with van der Waals surface area (Å²) in [6.45, 7) is 5.58. The van der Waals surface area contributed by atoms with Crippen LogP contribution in [0.2, 0.25) is 0 Å². The van der Waals surface area contributed by atoms with Gasteiger partial charge in [-0.15, -0.1) is 0 Å². The van der Waals surface area contributed by atoms with Crippen molar-refractivity contribution in [3.05, 3.63) is 35.4 Å². The van der Waals surface area contributed by atoms with E-state index in [9.17, 15) is 15.0 Å². The predicted molar refractivity (Wildman–Crippen MR) is 67.1 cm³/mol. The van der Waals surface area contributed by atoms with Crippen LogP contribution < -0.4 is 0 Å². The molecule has 17 heavy (non-hydrogen) atoms. The van der Waals surface area contributed by atoms with Crippen LogP contribution >= 0.6 is 0 Å². The van der Waals surface area contributed by atoms with Gasteiger partial charge in [-0.05, 0) is 25.3 Å². The van der Waals surface area contributed by atoms with E-state index in [2.05, 4.69) is 0 Å². The molecule has 1 aromatic carbocycles. The van der Waals surface area contributed by atoms with Gasteiger partial charge in [-0.25, -0.2) is 4.79 Å². The summed E-state index contributed by atoms with van der Waals surface area (Å²) >= 11 is 0. The fraction of sp³-hybridized carbons (Fsp3) is 0.500. The van der Waals surface area contributed by atoms with Gasteiger partial charge in [0.2, 0.25) is 0 Å². The van der Waals surface area contributed by atoms with Crippen LogP contribution in [0.4, 0.5) is 0 Å². The van der Waals surface area contributed by atoms with E-state index in [4.69, 9.17) is 0 Å². The van der Waals surface area contributed by atoms with Crippen LogP contribution in [0.15, 0.2) is 24.3 Å². The molecule has 0 radical (unpaired) electrons. The molecule has 2 unspecified atom stereocenters. The van der Waals surface area contributed by atoms with Gasteiger partial charge in [-0.1, -0.05) is 43.7 Å². The van der Waals surface area contributed by atoms with Crippen LogP contribution in [0.25, 0.3) is 0 Å². The molecule has 0 bridgehead atoms. The smallest absolute Gasteiger partial charge is 0.336 e. The maximum absolute atomic E-state index is 11.2. The second kappa shape index (κ2) is 5.32. The van der Waals surface area contributed by atoms with Gasteiger partial charge in [0.05, 0.1) is 0 Å². The third kappa shape index (κ3) is 2.67. The molecule has 0 amide bonds. The minimum Gasteiger partial charge on any atom is -0.479 e. The minimum absolute atomic E-state index is 0.203. The highest BCUT2D eigenvalue weighted by molar-refractivity contribution is 5.78. The van der Waals surface area contributed by atoms with Gasteiger partial charge in [-0.2, -0.15) is 0 Å². The number of aliphatic hydroxyl groups is 1. The largest absolute Gasteiger partial charge is 0.479 e. The number of hydrogen-bond acceptors (Lipinski definition) is 2. The quantitative estimate of drug-likeness (QED) is 0.826. The second-order valence-corrected chi connectivity index (χ2v) is 4.45. The summed E-state index contributed by atoms with van der Waals surface area (Å²) in [5.41, 5.74) is 0.327. The molecule has 1 aromatic rings. The minimum atomic E-state index is -1.68. The van der Waals surface area contributed by atoms with Crippen molar-refractivity contribution in [3.8, 4) is 0 Å². The highest BCUT2D eigenvalue weighted by atomic mass is 16.4. The van der Waals surface area contributed by atoms with Gasteiger partial charge in [0.25, 0.3) is 0 Å². The molecule has 0 aromatic heterocycles. The van der Waals surface area contributed by atoms with Gasteiger partial charge >= 0.3 is 5.97 Å². The maximum Gasteiger partial charge on any atom is 0.336 e. The lowest BCUT2D eigenvalue weighted by Gasteiger charge is -2.31. The van der Waals surface area contributed by atoms with Crippen molar-refractivity contribution >= 4 is 5.97 Å². The lowest BCUT2D eigenvalue weighted by molar-refractivity contribution is -0.161. The zero-order valence-corrected chi connectivity index (χ0v) is 10.6. The van der Waals surface area contributed by atoms with Crippen molar-refractivity contribution in [2.24, 2.45) is 0 Å². The van der Waals surface area contributed by atoms with E-state index in [1.54, 1.807) is 6.92 Å². The molecule has 0 aliphatic carbocycles. The number of aliphatic carboxylic acids is 1. The van der Waals surface area contributed by atoms with Crippen molar-refractivity contribution in [2.75, 3.05) is 0 Å². The van der Waals surface area contributed by atoms with Gasteiger partial charge in [0.1, 0.15) is 0 Å². The Kier molecular flexibility index (Phi) is 4.29. The number of rotatable bonds is 5. The molecule has 0 fully saturated rings. The first-order chi connectivity index (χ1) is 7.95. The molecule has 0 saturated carbocycles. The van der Waals surface area contributed by atoms with E-state index in [0.717, 1.165) is 11.1 Å². The number of benzene rings is 1. The van der Waals surface area contributed by atoms with E-state index in [-0.39, 0.29) is 12.3 Å². The topological polar surface area (TPSA) is 57.5 Å². The first-order valence-corrected chi connectivity index (χ1v) is 5.98. The summed E-state index contributed by atoms with van der Waals surface area (Å²) in [5.74, 6) is -1.52. The van der Waals surface area contributed by atoms with E-state index < -0.39 is 11.6 Å². The summed E-state index contributed by atoms with van der Waals surface area (Å²) in [7, 11) is 0. The molecule has 1 rings (SSSR count). The fourth-order valence-corrected chi connectivity index (χ4v) is 2.19. The van der Waals surface area contributed by atoms with E-state index in [1.165, 1.54) is 0 Å². The van der Waals surface area contributed by atoms with Crippen molar-refractivity contribution in [2.45, 2.75) is 45.1 Å². The first-order valence-electron chi connectivity index (χ1n) is 5.98. The zero-order valence-electron chi connectivity index (χ0n) is 10.6. The number of carboxylic acids is 1. The standard InChI is InChI=1S/C14H20O3/c1-4-12(14(17,5-2)13(15)16)11-8-6-10(3)7-9-11/h6-9,12,17H,4-5H2,1-3H3,(H,15,16). The van der Waals surface area contributed by atoms with Crippen molar-refractivity contribution in [1.82, 2.24) is 0 Å². The summed E-state index contributed by atoms with van der Waals surface area (Å²) in [6.07, 6.45) is 0.800. The predicted octanol–water partition coefficient (Wildman–Crippen LogP) is 2.71. The highest BCUT2D eigenvalue weighted by Gasteiger charge is 2.42. The monoisotopic (exact) mass is 236 g/mol. The molecule has 0 spiro atoms. The third-order valence-electron chi connectivity index (χ3n) is 3.37. The van der Waals surface area contributed by atoms with Crippen LogP contribution in [-0.4, -0.2) is 21.8 Å². The summed E-state index contributed by atoms with van der Waals surface area (Å²) in [4.78, 5) is 11.2. The molecule has 0 saturated heterocycles. The van der Waals surface area contributed by atoms with Gasteiger partial charge in [-0.3, -0.25) is 0 Å². The lowest BCUT2D eigenvalue weighted by Crippen LogP contribution is -2.43. The van der Waals surface area contributed by atoms with Crippen LogP contribution in [-0.2, 0) is 4.79 Å². The normalized spacial score (nSPS) is 16.2. The summed E-state index contributed by atoms with van der Waals surface area (Å²) in [5, 5.41) is 19.5. The fourth-order valence-electron chi connectivity index (χ4n) is 2.19. The summed E-state index contributed by atoms with van der Waals surface area (Å²) in [6, 6.07) is 7.67. The summed E-state index contributed by atoms with van der Waals surface area (Å²) < 4.78 is 0. The Morgan fingerprint density at radius 3 is 2.18 bits per heavy atom. The number of carbonyl (C=O) groups is 1. The number of hydrogen-bond donors (Lipinski definition) is 2. The molecule has 0 aliphatic rings. The third-order valence-corrected chi connectivity index (χ3v) is 3.37. The number of aryl methyl sites for hydroxylation is 1.